The lowest BCUT2D eigenvalue weighted by atomic mass is 10.1. The van der Waals surface area contributed by atoms with Gasteiger partial charge in [-0.15, -0.1) is 10.2 Å². The van der Waals surface area contributed by atoms with Gasteiger partial charge in [-0.1, -0.05) is 30.0 Å². The smallest absolute Gasteiger partial charge is 0.277 e. The van der Waals surface area contributed by atoms with Crippen molar-refractivity contribution in [2.45, 2.75) is 18.2 Å². The van der Waals surface area contributed by atoms with Crippen LogP contribution in [-0.2, 0) is 4.79 Å². The average Bonchev–Trinajstić information content (AvgIpc) is 3.21. The molecule has 7 nitrogen and oxygen atoms in total. The Balaban J connectivity index is 1.33. The molecule has 29 heavy (non-hydrogen) atoms. The molecule has 0 fully saturated rings. The first-order valence-electron chi connectivity index (χ1n) is 9.00. The maximum Gasteiger partial charge on any atom is 0.277 e. The van der Waals surface area contributed by atoms with E-state index in [1.807, 2.05) is 49.4 Å². The molecule has 150 valence electrons. The van der Waals surface area contributed by atoms with Crippen LogP contribution in [0, 0.1) is 0 Å². The number of nitrogens with one attached hydrogen (secondary N) is 1. The van der Waals surface area contributed by atoms with Crippen molar-refractivity contribution in [1.82, 2.24) is 15.5 Å². The highest BCUT2D eigenvalue weighted by Crippen LogP contribution is 2.33. The molecule has 1 aliphatic heterocycles. The Hall–Kier alpha value is -2.52. The van der Waals surface area contributed by atoms with Gasteiger partial charge in [-0.05, 0) is 52.7 Å². The van der Waals surface area contributed by atoms with Crippen LogP contribution in [0.25, 0.3) is 11.5 Å². The lowest BCUT2D eigenvalue weighted by Crippen LogP contribution is -2.28. The van der Waals surface area contributed by atoms with Gasteiger partial charge < -0.3 is 19.2 Å². The number of thioether (sulfide) groups is 1. The van der Waals surface area contributed by atoms with E-state index in [4.69, 9.17) is 13.9 Å². The van der Waals surface area contributed by atoms with Crippen LogP contribution in [0.3, 0.4) is 0 Å². The molecular weight excluding hydrogens is 458 g/mol. The van der Waals surface area contributed by atoms with Crippen LogP contribution in [0.1, 0.15) is 18.5 Å². The number of ether oxygens (including phenoxy) is 2. The highest BCUT2D eigenvalue weighted by Gasteiger charge is 2.17. The van der Waals surface area contributed by atoms with Gasteiger partial charge in [0.05, 0.1) is 17.4 Å². The van der Waals surface area contributed by atoms with Crippen LogP contribution < -0.4 is 14.8 Å². The number of rotatable bonds is 6. The van der Waals surface area contributed by atoms with E-state index in [0.29, 0.717) is 30.1 Å². The van der Waals surface area contributed by atoms with Crippen molar-refractivity contribution in [3.8, 4) is 23.0 Å². The van der Waals surface area contributed by atoms with Gasteiger partial charge in [0, 0.05) is 4.47 Å². The van der Waals surface area contributed by atoms with E-state index in [-0.39, 0.29) is 17.7 Å². The molecule has 1 aromatic heterocycles. The lowest BCUT2D eigenvalue weighted by Gasteiger charge is -2.21. The maximum atomic E-state index is 12.3. The van der Waals surface area contributed by atoms with E-state index in [1.54, 1.807) is 0 Å². The Kier molecular flexibility index (Phi) is 6.05. The minimum absolute atomic E-state index is 0.127. The van der Waals surface area contributed by atoms with Gasteiger partial charge in [0.2, 0.25) is 11.8 Å². The molecule has 1 aliphatic rings. The first kappa shape index (κ1) is 19.8. The van der Waals surface area contributed by atoms with E-state index in [0.717, 1.165) is 21.3 Å². The summed E-state index contributed by atoms with van der Waals surface area (Å²) in [5.74, 6) is 1.89. The molecular formula is C20H18BrN3O4S. The largest absolute Gasteiger partial charge is 0.486 e. The Labute approximate surface area is 180 Å². The van der Waals surface area contributed by atoms with Gasteiger partial charge in [-0.25, -0.2) is 0 Å². The molecule has 0 radical (unpaired) electrons. The number of amides is 1. The highest BCUT2D eigenvalue weighted by molar-refractivity contribution is 9.10. The Morgan fingerprint density at radius 3 is 2.79 bits per heavy atom. The zero-order valence-electron chi connectivity index (χ0n) is 15.6. The summed E-state index contributed by atoms with van der Waals surface area (Å²) >= 11 is 4.66. The summed E-state index contributed by atoms with van der Waals surface area (Å²) in [4.78, 5) is 12.3. The van der Waals surface area contributed by atoms with E-state index in [2.05, 4.69) is 31.4 Å². The predicted molar refractivity (Wildman–Crippen MR) is 112 cm³/mol. The highest BCUT2D eigenvalue weighted by atomic mass is 79.9. The van der Waals surface area contributed by atoms with Crippen LogP contribution in [0.15, 0.2) is 56.6 Å². The van der Waals surface area contributed by atoms with Crippen molar-refractivity contribution in [3.63, 3.8) is 0 Å². The summed E-state index contributed by atoms with van der Waals surface area (Å²) in [7, 11) is 0. The Bertz CT molecular complexity index is 1030. The number of carbonyl (C=O) groups excluding carboxylic acids is 1. The summed E-state index contributed by atoms with van der Waals surface area (Å²) in [6.45, 7) is 3.00. The molecule has 0 bridgehead atoms. The number of hydrogen-bond donors (Lipinski definition) is 1. The molecule has 1 atom stereocenters. The first-order valence-corrected chi connectivity index (χ1v) is 10.8. The summed E-state index contributed by atoms with van der Waals surface area (Å²) in [5, 5.41) is 11.4. The number of fused-ring (bicyclic) bond motifs is 1. The zero-order valence-corrected chi connectivity index (χ0v) is 18.0. The van der Waals surface area contributed by atoms with Gasteiger partial charge in [0.25, 0.3) is 5.22 Å². The summed E-state index contributed by atoms with van der Waals surface area (Å²) in [5.41, 5.74) is 1.75. The quantitative estimate of drug-likeness (QED) is 0.533. The summed E-state index contributed by atoms with van der Waals surface area (Å²) in [6.07, 6.45) is 0. The number of benzene rings is 2. The molecule has 0 spiro atoms. The van der Waals surface area contributed by atoms with Gasteiger partial charge in [-0.2, -0.15) is 0 Å². The third-order valence-electron chi connectivity index (χ3n) is 4.28. The molecule has 2 heterocycles. The fourth-order valence-corrected chi connectivity index (χ4v) is 3.86. The molecule has 4 rings (SSSR count). The van der Waals surface area contributed by atoms with Gasteiger partial charge in [0.1, 0.15) is 13.2 Å². The molecule has 1 unspecified atom stereocenters. The number of carbonyl (C=O) groups is 1. The minimum atomic E-state index is -0.169. The molecule has 2 aromatic carbocycles. The molecule has 3 aromatic rings. The van der Waals surface area contributed by atoms with Crippen molar-refractivity contribution in [1.29, 1.82) is 0 Å². The fraction of sp³-hybridized carbons (Fsp3) is 0.250. The molecule has 0 saturated heterocycles. The van der Waals surface area contributed by atoms with E-state index < -0.39 is 0 Å². The van der Waals surface area contributed by atoms with Crippen LogP contribution in [-0.4, -0.2) is 35.1 Å². The zero-order chi connectivity index (χ0) is 20.2. The van der Waals surface area contributed by atoms with E-state index in [1.165, 1.54) is 11.8 Å². The van der Waals surface area contributed by atoms with E-state index in [9.17, 15) is 4.79 Å². The predicted octanol–water partition coefficient (Wildman–Crippen LogP) is 4.24. The van der Waals surface area contributed by atoms with Crippen LogP contribution in [0.2, 0.25) is 0 Å². The summed E-state index contributed by atoms with van der Waals surface area (Å²) in [6, 6.07) is 13.1. The lowest BCUT2D eigenvalue weighted by molar-refractivity contribution is -0.119. The second-order valence-electron chi connectivity index (χ2n) is 6.33. The van der Waals surface area contributed by atoms with Gasteiger partial charge in [0.15, 0.2) is 11.5 Å². The molecule has 1 amide bonds. The van der Waals surface area contributed by atoms with Gasteiger partial charge >= 0.3 is 0 Å². The molecule has 1 N–H and O–H groups in total. The first-order chi connectivity index (χ1) is 14.1. The maximum absolute atomic E-state index is 12.3. The van der Waals surface area contributed by atoms with Crippen molar-refractivity contribution in [2.24, 2.45) is 0 Å². The minimum Gasteiger partial charge on any atom is -0.486 e. The number of hydrogen-bond acceptors (Lipinski definition) is 7. The SMILES string of the molecule is CC(NC(=O)CSc1nnc(-c2ccccc2Br)o1)c1ccc2c(c1)OCCO2. The Morgan fingerprint density at radius 1 is 1.17 bits per heavy atom. The molecule has 9 heteroatoms. The van der Waals surface area contributed by atoms with Crippen molar-refractivity contribution < 1.29 is 18.7 Å². The topological polar surface area (TPSA) is 86.5 Å². The standard InChI is InChI=1S/C20H18BrN3O4S/c1-12(13-6-7-16-17(10-13)27-9-8-26-16)22-18(25)11-29-20-24-23-19(28-20)14-4-2-3-5-15(14)21/h2-7,10,12H,8-9,11H2,1H3,(H,22,25). The van der Waals surface area contributed by atoms with Crippen LogP contribution in [0.4, 0.5) is 0 Å². The number of nitrogens with zero attached hydrogens (tertiary/aromatic N) is 2. The van der Waals surface area contributed by atoms with E-state index >= 15 is 0 Å². The Morgan fingerprint density at radius 2 is 1.97 bits per heavy atom. The van der Waals surface area contributed by atoms with Crippen LogP contribution in [0.5, 0.6) is 11.5 Å². The summed E-state index contributed by atoms with van der Waals surface area (Å²) < 4.78 is 17.6. The van der Waals surface area contributed by atoms with Gasteiger partial charge in [-0.3, -0.25) is 4.79 Å². The third kappa shape index (κ3) is 4.73. The average molecular weight is 476 g/mol. The fourth-order valence-electron chi connectivity index (χ4n) is 2.83. The molecule has 0 aliphatic carbocycles. The van der Waals surface area contributed by atoms with Crippen molar-refractivity contribution >= 4 is 33.6 Å². The normalized spacial score (nSPS) is 13.7. The second-order valence-corrected chi connectivity index (χ2v) is 8.11. The van der Waals surface area contributed by atoms with Crippen molar-refractivity contribution in [2.75, 3.05) is 19.0 Å². The van der Waals surface area contributed by atoms with Crippen molar-refractivity contribution in [3.05, 3.63) is 52.5 Å². The second kappa shape index (κ2) is 8.87. The number of aromatic nitrogens is 2. The third-order valence-corrected chi connectivity index (χ3v) is 5.79. The van der Waals surface area contributed by atoms with Crippen LogP contribution >= 0.6 is 27.7 Å². The number of halogens is 1. The monoisotopic (exact) mass is 475 g/mol. The molecule has 0 saturated carbocycles.